The minimum absolute atomic E-state index is 0.123. The maximum atomic E-state index is 12.7. The second-order valence-electron chi connectivity index (χ2n) is 6.46. The van der Waals surface area contributed by atoms with Crippen LogP contribution in [0.5, 0.6) is 0 Å². The van der Waals surface area contributed by atoms with Gasteiger partial charge in [-0.2, -0.15) is 0 Å². The van der Waals surface area contributed by atoms with Crippen LogP contribution in [-0.4, -0.2) is 21.0 Å². The molecule has 0 aliphatic rings. The third kappa shape index (κ3) is 6.37. The van der Waals surface area contributed by atoms with Crippen LogP contribution in [0.25, 0.3) is 10.8 Å². The van der Waals surface area contributed by atoms with Crippen LogP contribution in [0.15, 0.2) is 66.7 Å². The minimum atomic E-state index is -1.83. The number of carbonyl (C=O) groups excluding carboxylic acids is 1. The van der Waals surface area contributed by atoms with Gasteiger partial charge in [0, 0.05) is 10.7 Å². The lowest BCUT2D eigenvalue weighted by Gasteiger charge is -2.28. The van der Waals surface area contributed by atoms with E-state index < -0.39 is 9.96 Å². The zero-order valence-corrected chi connectivity index (χ0v) is 19.3. The summed E-state index contributed by atoms with van der Waals surface area (Å²) in [5, 5.41) is 11.3. The maximum Gasteiger partial charge on any atom is 0.228 e. The van der Waals surface area contributed by atoms with Crippen molar-refractivity contribution in [1.29, 1.82) is 0 Å². The largest absolute Gasteiger partial charge is 0.339 e. The van der Waals surface area contributed by atoms with Gasteiger partial charge >= 0.3 is 0 Å². The highest BCUT2D eigenvalue weighted by molar-refractivity contribution is 7.80. The molecule has 3 N–H and O–H groups in total. The van der Waals surface area contributed by atoms with Gasteiger partial charge in [0.15, 0.2) is 5.11 Å². The molecule has 0 saturated heterocycles. The van der Waals surface area contributed by atoms with Gasteiger partial charge in [0.2, 0.25) is 9.70 Å². The van der Waals surface area contributed by atoms with Crippen molar-refractivity contribution in [3.8, 4) is 0 Å². The Morgan fingerprint density at radius 3 is 2.30 bits per heavy atom. The number of fused-ring (bicyclic) bond motifs is 1. The zero-order chi connectivity index (χ0) is 21.7. The summed E-state index contributed by atoms with van der Waals surface area (Å²) in [6.45, 7) is 0. The molecule has 30 heavy (non-hydrogen) atoms. The fourth-order valence-corrected chi connectivity index (χ4v) is 3.55. The summed E-state index contributed by atoms with van der Waals surface area (Å²) in [4.78, 5) is 12.7. The normalized spacial score (nSPS) is 12.3. The third-order valence-corrected chi connectivity index (χ3v) is 5.37. The summed E-state index contributed by atoms with van der Waals surface area (Å²) in [7, 11) is 0. The Balaban J connectivity index is 1.67. The Morgan fingerprint density at radius 1 is 0.933 bits per heavy atom. The summed E-state index contributed by atoms with van der Waals surface area (Å²) in [5.41, 5.74) is 1.57. The first kappa shape index (κ1) is 22.9. The lowest BCUT2D eigenvalue weighted by molar-refractivity contribution is -0.121. The van der Waals surface area contributed by atoms with Crippen molar-refractivity contribution in [2.45, 2.75) is 16.4 Å². The number of thiocarbonyl (C=S) groups is 1. The molecule has 4 nitrogen and oxygen atoms in total. The number of rotatable bonds is 5. The number of benzene rings is 3. The lowest BCUT2D eigenvalue weighted by Crippen LogP contribution is -2.56. The predicted octanol–water partition coefficient (Wildman–Crippen LogP) is 5.83. The predicted molar refractivity (Wildman–Crippen MR) is 131 cm³/mol. The van der Waals surface area contributed by atoms with Gasteiger partial charge in [-0.3, -0.25) is 4.79 Å². The van der Waals surface area contributed by atoms with E-state index in [0.717, 1.165) is 16.3 Å². The van der Waals surface area contributed by atoms with Crippen LogP contribution in [-0.2, 0) is 11.2 Å². The molecule has 9 heteroatoms. The molecule has 0 bridgehead atoms. The molecule has 0 spiro atoms. The number of hydrogen-bond acceptors (Lipinski definition) is 2. The van der Waals surface area contributed by atoms with Crippen LogP contribution in [0, 0.1) is 0 Å². The summed E-state index contributed by atoms with van der Waals surface area (Å²) in [5.74, 6) is -0.315. The zero-order valence-electron chi connectivity index (χ0n) is 15.5. The van der Waals surface area contributed by atoms with E-state index in [1.165, 1.54) is 0 Å². The second-order valence-corrected chi connectivity index (χ2v) is 9.68. The van der Waals surface area contributed by atoms with Gasteiger partial charge in [-0.25, -0.2) is 0 Å². The third-order valence-electron chi connectivity index (χ3n) is 4.24. The molecule has 0 aliphatic carbocycles. The van der Waals surface area contributed by atoms with E-state index >= 15 is 0 Å². The number of anilines is 1. The Hall–Kier alpha value is -1.76. The Labute approximate surface area is 199 Å². The van der Waals surface area contributed by atoms with Crippen LogP contribution in [0.2, 0.25) is 5.02 Å². The molecule has 0 aliphatic heterocycles. The van der Waals surface area contributed by atoms with E-state index in [1.807, 2.05) is 42.5 Å². The smallest absolute Gasteiger partial charge is 0.228 e. The van der Waals surface area contributed by atoms with Gasteiger partial charge in [0.1, 0.15) is 6.17 Å². The van der Waals surface area contributed by atoms with Crippen LogP contribution < -0.4 is 16.0 Å². The molecule has 3 aromatic rings. The van der Waals surface area contributed by atoms with Crippen molar-refractivity contribution in [3.05, 3.63) is 77.3 Å². The molecule has 3 rings (SSSR count). The van der Waals surface area contributed by atoms with Gasteiger partial charge in [0.25, 0.3) is 0 Å². The fourth-order valence-electron chi connectivity index (χ4n) is 2.86. The van der Waals surface area contributed by atoms with Crippen molar-refractivity contribution < 1.29 is 4.79 Å². The molecule has 0 unspecified atom stereocenters. The Morgan fingerprint density at radius 2 is 1.60 bits per heavy atom. The van der Waals surface area contributed by atoms with Gasteiger partial charge in [-0.1, -0.05) is 88.9 Å². The molecule has 3 aromatic carbocycles. The number of alkyl halides is 3. The lowest BCUT2D eigenvalue weighted by atomic mass is 10.0. The first-order valence-electron chi connectivity index (χ1n) is 8.88. The van der Waals surface area contributed by atoms with Crippen LogP contribution in [0.3, 0.4) is 0 Å². The summed E-state index contributed by atoms with van der Waals surface area (Å²) in [6, 6.07) is 20.5. The van der Waals surface area contributed by atoms with E-state index in [1.54, 1.807) is 24.3 Å². The maximum absolute atomic E-state index is 12.7. The van der Waals surface area contributed by atoms with Crippen molar-refractivity contribution in [1.82, 2.24) is 10.6 Å². The summed E-state index contributed by atoms with van der Waals surface area (Å²) in [6.07, 6.45) is -0.922. The van der Waals surface area contributed by atoms with Crippen LogP contribution >= 0.6 is 58.6 Å². The monoisotopic (exact) mass is 499 g/mol. The van der Waals surface area contributed by atoms with Crippen molar-refractivity contribution in [3.63, 3.8) is 0 Å². The number of nitrogens with one attached hydrogen (secondary N) is 3. The molecule has 0 radical (unpaired) electrons. The van der Waals surface area contributed by atoms with Crippen molar-refractivity contribution in [2.75, 3.05) is 5.32 Å². The average molecular weight is 501 g/mol. The van der Waals surface area contributed by atoms with E-state index in [4.69, 9.17) is 58.6 Å². The SMILES string of the molecule is O=C(Cc1cccc2ccccc12)N[C@@H](NC(=S)Nc1ccc(Cl)cc1)C(Cl)(Cl)Cl. The number of hydrogen-bond donors (Lipinski definition) is 3. The van der Waals surface area contributed by atoms with E-state index in [2.05, 4.69) is 16.0 Å². The number of carbonyl (C=O) groups is 1. The quantitative estimate of drug-likeness (QED) is 0.234. The van der Waals surface area contributed by atoms with E-state index in [9.17, 15) is 4.79 Å². The van der Waals surface area contributed by atoms with Crippen LogP contribution in [0.1, 0.15) is 5.56 Å². The molecule has 0 heterocycles. The van der Waals surface area contributed by atoms with Crippen molar-refractivity contribution in [2.24, 2.45) is 0 Å². The first-order valence-corrected chi connectivity index (χ1v) is 10.8. The van der Waals surface area contributed by atoms with Gasteiger partial charge < -0.3 is 16.0 Å². The molecule has 0 saturated carbocycles. The average Bonchev–Trinajstić information content (AvgIpc) is 2.69. The molecule has 1 amide bonds. The Bertz CT molecular complexity index is 1050. The van der Waals surface area contributed by atoms with Gasteiger partial charge in [-0.05, 0) is 52.8 Å². The summed E-state index contributed by atoms with van der Waals surface area (Å²) < 4.78 is -1.83. The number of amides is 1. The van der Waals surface area contributed by atoms with E-state index in [0.29, 0.717) is 10.7 Å². The summed E-state index contributed by atoms with van der Waals surface area (Å²) >= 11 is 29.3. The number of halogens is 4. The standard InChI is InChI=1S/C21H17Cl4N3OS/c22-15-8-10-16(11-9-15)26-20(30)28-19(21(23,24)25)27-18(29)12-14-6-3-5-13-4-1-2-7-17(13)14/h1-11,19H,12H2,(H,27,29)(H2,26,28,30)/t19-/m0/s1. The Kier molecular flexibility index (Phi) is 7.66. The molecular formula is C21H17Cl4N3OS. The fraction of sp³-hybridized carbons (Fsp3) is 0.143. The highest BCUT2D eigenvalue weighted by atomic mass is 35.6. The highest BCUT2D eigenvalue weighted by Crippen LogP contribution is 2.29. The second kappa shape index (κ2) is 10.0. The van der Waals surface area contributed by atoms with Gasteiger partial charge in [-0.15, -0.1) is 0 Å². The van der Waals surface area contributed by atoms with Gasteiger partial charge in [0.05, 0.1) is 6.42 Å². The molecule has 0 fully saturated rings. The molecule has 0 aromatic heterocycles. The van der Waals surface area contributed by atoms with Crippen LogP contribution in [0.4, 0.5) is 5.69 Å². The molecule has 1 atom stereocenters. The van der Waals surface area contributed by atoms with Crippen molar-refractivity contribution >= 4 is 86.1 Å². The van der Waals surface area contributed by atoms with E-state index in [-0.39, 0.29) is 17.4 Å². The highest BCUT2D eigenvalue weighted by Gasteiger charge is 2.34. The first-order chi connectivity index (χ1) is 14.2. The minimum Gasteiger partial charge on any atom is -0.339 e. The molecular weight excluding hydrogens is 484 g/mol. The molecule has 156 valence electrons. The topological polar surface area (TPSA) is 53.2 Å².